The summed E-state index contributed by atoms with van der Waals surface area (Å²) in [5, 5.41) is 3.34. The maximum atomic E-state index is 5.74. The van der Waals surface area contributed by atoms with Gasteiger partial charge in [0.1, 0.15) is 0 Å². The molecular formula is C12H26N2O. The number of hydrogen-bond acceptors (Lipinski definition) is 3. The Bertz CT molecular complexity index is 154. The average Bonchev–Trinajstić information content (AvgIpc) is 2.27. The zero-order chi connectivity index (χ0) is 11.1. The topological polar surface area (TPSA) is 24.5 Å². The third-order valence-electron chi connectivity index (χ3n) is 3.22. The van der Waals surface area contributed by atoms with Crippen LogP contribution < -0.4 is 5.32 Å². The van der Waals surface area contributed by atoms with Gasteiger partial charge in [-0.05, 0) is 39.8 Å². The lowest BCUT2D eigenvalue weighted by Crippen LogP contribution is -2.41. The zero-order valence-electron chi connectivity index (χ0n) is 10.5. The fourth-order valence-electron chi connectivity index (χ4n) is 2.17. The fraction of sp³-hybridized carbons (Fsp3) is 1.00. The van der Waals surface area contributed by atoms with Gasteiger partial charge in [-0.15, -0.1) is 0 Å². The molecule has 0 bridgehead atoms. The van der Waals surface area contributed by atoms with Crippen LogP contribution in [0.3, 0.4) is 0 Å². The summed E-state index contributed by atoms with van der Waals surface area (Å²) in [5.41, 5.74) is 0. The molecule has 90 valence electrons. The lowest BCUT2D eigenvalue weighted by atomic mass is 10.1. The van der Waals surface area contributed by atoms with Crippen LogP contribution in [0.25, 0.3) is 0 Å². The molecule has 1 fully saturated rings. The monoisotopic (exact) mass is 214 g/mol. The molecule has 0 aromatic heterocycles. The van der Waals surface area contributed by atoms with Gasteiger partial charge in [0.2, 0.25) is 0 Å². The predicted molar refractivity (Wildman–Crippen MR) is 64.2 cm³/mol. The Kier molecular flexibility index (Phi) is 6.22. The highest BCUT2D eigenvalue weighted by Gasteiger charge is 2.16. The van der Waals surface area contributed by atoms with Crippen molar-refractivity contribution in [1.82, 2.24) is 10.2 Å². The Hall–Kier alpha value is -0.120. The third-order valence-corrected chi connectivity index (χ3v) is 3.22. The lowest BCUT2D eigenvalue weighted by molar-refractivity contribution is -0.00254. The summed E-state index contributed by atoms with van der Waals surface area (Å²) in [7, 11) is 4.23. The second-order valence-corrected chi connectivity index (χ2v) is 4.60. The Morgan fingerprint density at radius 1 is 1.47 bits per heavy atom. The smallest absolute Gasteiger partial charge is 0.0701 e. The van der Waals surface area contributed by atoms with E-state index in [-0.39, 0.29) is 0 Å². The van der Waals surface area contributed by atoms with Crippen molar-refractivity contribution < 1.29 is 4.74 Å². The van der Waals surface area contributed by atoms with Crippen molar-refractivity contribution in [2.24, 2.45) is 0 Å². The van der Waals surface area contributed by atoms with Crippen molar-refractivity contribution >= 4 is 0 Å². The molecule has 15 heavy (non-hydrogen) atoms. The van der Waals surface area contributed by atoms with E-state index < -0.39 is 0 Å². The highest BCUT2D eigenvalue weighted by atomic mass is 16.5. The Balaban J connectivity index is 2.18. The summed E-state index contributed by atoms with van der Waals surface area (Å²) < 4.78 is 5.74. The van der Waals surface area contributed by atoms with Crippen LogP contribution in [0.1, 0.15) is 32.6 Å². The number of rotatable bonds is 6. The number of nitrogens with zero attached hydrogens (tertiary/aromatic N) is 1. The van der Waals surface area contributed by atoms with Crippen LogP contribution in [0.4, 0.5) is 0 Å². The van der Waals surface area contributed by atoms with Crippen molar-refractivity contribution in [3.8, 4) is 0 Å². The van der Waals surface area contributed by atoms with Gasteiger partial charge in [-0.25, -0.2) is 0 Å². The minimum absolute atomic E-state index is 0.470. The van der Waals surface area contributed by atoms with E-state index in [2.05, 4.69) is 24.2 Å². The van der Waals surface area contributed by atoms with Crippen molar-refractivity contribution in [3.63, 3.8) is 0 Å². The summed E-state index contributed by atoms with van der Waals surface area (Å²) in [6.07, 6.45) is 5.47. The highest BCUT2D eigenvalue weighted by molar-refractivity contribution is 4.71. The van der Waals surface area contributed by atoms with Gasteiger partial charge in [0.05, 0.1) is 6.10 Å². The van der Waals surface area contributed by atoms with E-state index >= 15 is 0 Å². The van der Waals surface area contributed by atoms with Gasteiger partial charge in [0.15, 0.2) is 0 Å². The first-order valence-electron chi connectivity index (χ1n) is 6.23. The standard InChI is InChI=1S/C12H26N2O/c1-4-11(13-2)9-14(3)10-12-7-5-6-8-15-12/h11-13H,4-10H2,1-3H3. The molecule has 1 aliphatic rings. The summed E-state index contributed by atoms with van der Waals surface area (Å²) in [4.78, 5) is 2.39. The molecule has 3 nitrogen and oxygen atoms in total. The van der Waals surface area contributed by atoms with Crippen molar-refractivity contribution in [2.45, 2.75) is 44.8 Å². The van der Waals surface area contributed by atoms with E-state index in [9.17, 15) is 0 Å². The predicted octanol–water partition coefficient (Wildman–Crippen LogP) is 1.49. The van der Waals surface area contributed by atoms with Crippen LogP contribution in [0.2, 0.25) is 0 Å². The summed E-state index contributed by atoms with van der Waals surface area (Å²) in [5.74, 6) is 0. The summed E-state index contributed by atoms with van der Waals surface area (Å²) in [6, 6.07) is 0.610. The maximum Gasteiger partial charge on any atom is 0.0701 e. The van der Waals surface area contributed by atoms with Gasteiger partial charge >= 0.3 is 0 Å². The van der Waals surface area contributed by atoms with Crippen LogP contribution >= 0.6 is 0 Å². The molecular weight excluding hydrogens is 188 g/mol. The maximum absolute atomic E-state index is 5.74. The molecule has 0 amide bonds. The average molecular weight is 214 g/mol. The summed E-state index contributed by atoms with van der Waals surface area (Å²) >= 11 is 0. The molecule has 0 aromatic carbocycles. The van der Waals surface area contributed by atoms with Crippen LogP contribution in [0.5, 0.6) is 0 Å². The molecule has 2 unspecified atom stereocenters. The largest absolute Gasteiger partial charge is 0.377 e. The molecule has 1 saturated heterocycles. The Morgan fingerprint density at radius 2 is 2.27 bits per heavy atom. The van der Waals surface area contributed by atoms with Gasteiger partial charge in [-0.2, -0.15) is 0 Å². The van der Waals surface area contributed by atoms with Crippen LogP contribution in [0.15, 0.2) is 0 Å². The van der Waals surface area contributed by atoms with E-state index in [1.165, 1.54) is 25.7 Å². The van der Waals surface area contributed by atoms with Gasteiger partial charge < -0.3 is 15.0 Å². The van der Waals surface area contributed by atoms with Gasteiger partial charge in [0.25, 0.3) is 0 Å². The van der Waals surface area contributed by atoms with E-state index in [0.29, 0.717) is 12.1 Å². The molecule has 0 saturated carbocycles. The van der Waals surface area contributed by atoms with Crippen LogP contribution in [-0.2, 0) is 4.74 Å². The van der Waals surface area contributed by atoms with Gasteiger partial charge in [-0.1, -0.05) is 6.92 Å². The van der Waals surface area contributed by atoms with E-state index in [4.69, 9.17) is 4.74 Å². The van der Waals surface area contributed by atoms with E-state index in [1.807, 2.05) is 7.05 Å². The first-order valence-corrected chi connectivity index (χ1v) is 6.23. The number of hydrogen-bond donors (Lipinski definition) is 1. The van der Waals surface area contributed by atoms with Crippen LogP contribution in [0, 0.1) is 0 Å². The molecule has 0 spiro atoms. The number of ether oxygens (including phenoxy) is 1. The SMILES string of the molecule is CCC(CN(C)CC1CCCCO1)NC. The molecule has 0 aliphatic carbocycles. The van der Waals surface area contributed by atoms with Crippen LogP contribution in [-0.4, -0.2) is 50.8 Å². The Morgan fingerprint density at radius 3 is 2.80 bits per heavy atom. The fourth-order valence-corrected chi connectivity index (χ4v) is 2.17. The normalized spacial score (nSPS) is 24.4. The van der Waals surface area contributed by atoms with Crippen molar-refractivity contribution in [3.05, 3.63) is 0 Å². The molecule has 1 heterocycles. The van der Waals surface area contributed by atoms with Gasteiger partial charge in [-0.3, -0.25) is 0 Å². The van der Waals surface area contributed by atoms with Crippen molar-refractivity contribution in [2.75, 3.05) is 33.8 Å². The second-order valence-electron chi connectivity index (χ2n) is 4.60. The molecule has 1 N–H and O–H groups in total. The first kappa shape index (κ1) is 12.9. The molecule has 3 heteroatoms. The van der Waals surface area contributed by atoms with Crippen molar-refractivity contribution in [1.29, 1.82) is 0 Å². The minimum Gasteiger partial charge on any atom is -0.377 e. The molecule has 0 radical (unpaired) electrons. The molecule has 2 atom stereocenters. The number of likely N-dealkylation sites (N-methyl/N-ethyl adjacent to an activating group) is 2. The lowest BCUT2D eigenvalue weighted by Gasteiger charge is -2.29. The summed E-state index contributed by atoms with van der Waals surface area (Å²) in [6.45, 7) is 5.39. The quantitative estimate of drug-likeness (QED) is 0.725. The number of nitrogens with one attached hydrogen (secondary N) is 1. The zero-order valence-corrected chi connectivity index (χ0v) is 10.5. The second kappa shape index (κ2) is 7.20. The minimum atomic E-state index is 0.470. The van der Waals surface area contributed by atoms with Gasteiger partial charge in [0, 0.05) is 25.7 Å². The molecule has 0 aromatic rings. The Labute approximate surface area is 94.2 Å². The van der Waals surface area contributed by atoms with E-state index in [0.717, 1.165) is 19.7 Å². The third kappa shape index (κ3) is 4.96. The first-order chi connectivity index (χ1) is 7.26. The molecule has 1 aliphatic heterocycles. The molecule has 1 rings (SSSR count). The van der Waals surface area contributed by atoms with E-state index in [1.54, 1.807) is 0 Å². The highest BCUT2D eigenvalue weighted by Crippen LogP contribution is 2.13.